The molecule has 0 fully saturated rings. The van der Waals surface area contributed by atoms with E-state index in [4.69, 9.17) is 14.2 Å². The van der Waals surface area contributed by atoms with Gasteiger partial charge in [-0.2, -0.15) is 13.2 Å². The monoisotopic (exact) mass is 421 g/mol. The number of rotatable bonds is 7. The molecular formula is C22H22F3NO4. The fourth-order valence-corrected chi connectivity index (χ4v) is 3.33. The van der Waals surface area contributed by atoms with Crippen molar-refractivity contribution < 1.29 is 32.2 Å². The van der Waals surface area contributed by atoms with Crippen molar-refractivity contribution in [1.29, 1.82) is 0 Å². The number of benzene rings is 1. The molecule has 8 heteroatoms. The number of Topliss-reactive ketones (excluding diaryl/α,β-unsaturated/α-hetero) is 1. The lowest BCUT2D eigenvalue weighted by Gasteiger charge is -2.25. The van der Waals surface area contributed by atoms with E-state index in [0.717, 1.165) is 6.07 Å². The molecule has 0 bridgehead atoms. The van der Waals surface area contributed by atoms with Crippen LogP contribution < -0.4 is 9.47 Å². The van der Waals surface area contributed by atoms with Gasteiger partial charge in [0.25, 0.3) is 0 Å². The molecule has 1 atom stereocenters. The maximum absolute atomic E-state index is 13.3. The molecule has 3 rings (SSSR count). The lowest BCUT2D eigenvalue weighted by atomic mass is 9.88. The van der Waals surface area contributed by atoms with Gasteiger partial charge in [0.15, 0.2) is 11.5 Å². The van der Waals surface area contributed by atoms with Crippen LogP contribution in [-0.4, -0.2) is 37.7 Å². The van der Waals surface area contributed by atoms with Crippen LogP contribution in [0.25, 0.3) is 6.08 Å². The number of carbonyl (C=O) groups excluding carboxylic acids is 1. The zero-order valence-corrected chi connectivity index (χ0v) is 16.7. The highest BCUT2D eigenvalue weighted by Crippen LogP contribution is 2.41. The second-order valence-electron chi connectivity index (χ2n) is 6.81. The Morgan fingerprint density at radius 2 is 2.03 bits per heavy atom. The topological polar surface area (TPSA) is 57.7 Å². The van der Waals surface area contributed by atoms with Crippen molar-refractivity contribution >= 4 is 11.9 Å². The summed E-state index contributed by atoms with van der Waals surface area (Å²) in [5.74, 6) is -0.178. The van der Waals surface area contributed by atoms with Crippen LogP contribution in [-0.2, 0) is 22.1 Å². The van der Waals surface area contributed by atoms with Crippen molar-refractivity contribution in [3.05, 3.63) is 58.9 Å². The van der Waals surface area contributed by atoms with E-state index in [1.165, 1.54) is 12.3 Å². The van der Waals surface area contributed by atoms with Gasteiger partial charge in [0, 0.05) is 31.2 Å². The molecule has 2 heterocycles. The van der Waals surface area contributed by atoms with E-state index in [-0.39, 0.29) is 5.69 Å². The van der Waals surface area contributed by atoms with Crippen LogP contribution in [0.3, 0.4) is 0 Å². The van der Waals surface area contributed by atoms with Gasteiger partial charge in [-0.05, 0) is 23.8 Å². The van der Waals surface area contributed by atoms with Crippen LogP contribution in [0.2, 0.25) is 0 Å². The molecule has 5 nitrogen and oxygen atoms in total. The molecule has 0 saturated heterocycles. The summed E-state index contributed by atoms with van der Waals surface area (Å²) in [6.07, 6.45) is -0.190. The van der Waals surface area contributed by atoms with Gasteiger partial charge in [0.05, 0.1) is 17.9 Å². The summed E-state index contributed by atoms with van der Waals surface area (Å²) in [5, 5.41) is 0. The minimum absolute atomic E-state index is 0.291. The number of nitrogens with zero attached hydrogens (tertiary/aromatic N) is 1. The third-order valence-electron chi connectivity index (χ3n) is 4.79. The Hall–Kier alpha value is -2.87. The van der Waals surface area contributed by atoms with Crippen LogP contribution in [0.1, 0.15) is 35.2 Å². The molecule has 1 aliphatic heterocycles. The minimum atomic E-state index is -4.58. The molecule has 1 aliphatic rings. The molecule has 0 radical (unpaired) electrons. The molecular weight excluding hydrogens is 399 g/mol. The van der Waals surface area contributed by atoms with E-state index in [1.54, 1.807) is 38.3 Å². The molecule has 30 heavy (non-hydrogen) atoms. The Balaban J connectivity index is 1.96. The highest BCUT2D eigenvalue weighted by Gasteiger charge is 2.35. The predicted octanol–water partition coefficient (Wildman–Crippen LogP) is 4.45. The Kier molecular flexibility index (Phi) is 6.77. The molecule has 2 aromatic rings. The van der Waals surface area contributed by atoms with E-state index >= 15 is 0 Å². The molecule has 1 aromatic heterocycles. The van der Waals surface area contributed by atoms with E-state index < -0.39 is 29.9 Å². The van der Waals surface area contributed by atoms with E-state index in [1.807, 2.05) is 0 Å². The zero-order valence-electron chi connectivity index (χ0n) is 16.7. The summed E-state index contributed by atoms with van der Waals surface area (Å²) in [6.45, 7) is 2.74. The van der Waals surface area contributed by atoms with E-state index in [0.29, 0.717) is 42.4 Å². The Morgan fingerprint density at radius 3 is 2.77 bits per heavy atom. The molecule has 1 unspecified atom stereocenters. The number of pyridine rings is 1. The van der Waals surface area contributed by atoms with Gasteiger partial charge in [-0.15, -0.1) is 0 Å². The first kappa shape index (κ1) is 21.8. The smallest absolute Gasteiger partial charge is 0.418 e. The van der Waals surface area contributed by atoms with Gasteiger partial charge < -0.3 is 14.2 Å². The van der Waals surface area contributed by atoms with E-state index in [9.17, 15) is 18.0 Å². The molecule has 0 N–H and O–H groups in total. The van der Waals surface area contributed by atoms with Gasteiger partial charge in [-0.25, -0.2) is 0 Å². The second kappa shape index (κ2) is 9.30. The summed E-state index contributed by atoms with van der Waals surface area (Å²) >= 11 is 0. The lowest BCUT2D eigenvalue weighted by molar-refractivity contribution is -0.138. The number of methoxy groups -OCH3 is 1. The first-order chi connectivity index (χ1) is 14.3. The van der Waals surface area contributed by atoms with E-state index in [2.05, 4.69) is 4.98 Å². The van der Waals surface area contributed by atoms with Crippen LogP contribution in [0.4, 0.5) is 13.2 Å². The van der Waals surface area contributed by atoms with Gasteiger partial charge in [0.2, 0.25) is 0 Å². The summed E-state index contributed by atoms with van der Waals surface area (Å²) in [5.41, 5.74) is 0.101. The van der Waals surface area contributed by atoms with Gasteiger partial charge in [-0.1, -0.05) is 25.1 Å². The third-order valence-corrected chi connectivity index (χ3v) is 4.79. The van der Waals surface area contributed by atoms with Crippen molar-refractivity contribution in [1.82, 2.24) is 4.98 Å². The van der Waals surface area contributed by atoms with Gasteiger partial charge in [-0.3, -0.25) is 9.78 Å². The quantitative estimate of drug-likeness (QED) is 0.661. The number of halogens is 3. The maximum Gasteiger partial charge on any atom is 0.418 e. The average Bonchev–Trinajstić information content (AvgIpc) is 2.72. The fourth-order valence-electron chi connectivity index (χ4n) is 3.33. The number of carbonyl (C=O) groups is 1. The lowest BCUT2D eigenvalue weighted by Crippen LogP contribution is -2.21. The summed E-state index contributed by atoms with van der Waals surface area (Å²) in [6, 6.07) is 5.68. The Labute approximate surface area is 172 Å². The summed E-state index contributed by atoms with van der Waals surface area (Å²) in [4.78, 5) is 16.8. The SMILES string of the molecule is COC/C=C\c1ccc2c(c1C(C)C(=O)Cc1ncccc1C(F)(F)F)OCCO2. The van der Waals surface area contributed by atoms with Crippen LogP contribution >= 0.6 is 0 Å². The number of alkyl halides is 3. The Morgan fingerprint density at radius 1 is 1.27 bits per heavy atom. The predicted molar refractivity (Wildman–Crippen MR) is 105 cm³/mol. The highest BCUT2D eigenvalue weighted by atomic mass is 19.4. The molecule has 160 valence electrons. The van der Waals surface area contributed by atoms with Crippen molar-refractivity contribution in [3.63, 3.8) is 0 Å². The van der Waals surface area contributed by atoms with Crippen molar-refractivity contribution in [3.8, 4) is 11.5 Å². The average molecular weight is 421 g/mol. The number of hydrogen-bond donors (Lipinski definition) is 0. The van der Waals surface area contributed by atoms with Crippen molar-refractivity contribution in [2.45, 2.75) is 25.4 Å². The molecule has 0 aliphatic carbocycles. The second-order valence-corrected chi connectivity index (χ2v) is 6.81. The number of hydrogen-bond acceptors (Lipinski definition) is 5. The van der Waals surface area contributed by atoms with Gasteiger partial charge >= 0.3 is 6.18 Å². The van der Waals surface area contributed by atoms with Gasteiger partial charge in [0.1, 0.15) is 19.0 Å². The first-order valence-corrected chi connectivity index (χ1v) is 9.44. The van der Waals surface area contributed by atoms with Crippen molar-refractivity contribution in [2.24, 2.45) is 0 Å². The van der Waals surface area contributed by atoms with Crippen LogP contribution in [0.15, 0.2) is 36.5 Å². The summed E-state index contributed by atoms with van der Waals surface area (Å²) in [7, 11) is 1.56. The number of aromatic nitrogens is 1. The molecule has 0 spiro atoms. The molecule has 1 aromatic carbocycles. The van der Waals surface area contributed by atoms with Crippen molar-refractivity contribution in [2.75, 3.05) is 26.9 Å². The number of ketones is 1. The summed E-state index contributed by atoms with van der Waals surface area (Å²) < 4.78 is 56.2. The molecule has 0 saturated carbocycles. The standard InChI is InChI=1S/C22H22F3NO4/c1-14(18(27)13-17-16(22(23,24)25)6-3-9-26-17)20-15(5-4-10-28-2)7-8-19-21(20)30-12-11-29-19/h3-9,14H,10-13H2,1-2H3/b5-4-. The zero-order chi connectivity index (χ0) is 21.7. The van der Waals surface area contributed by atoms with Crippen LogP contribution in [0, 0.1) is 0 Å². The maximum atomic E-state index is 13.3. The first-order valence-electron chi connectivity index (χ1n) is 9.44. The normalized spacial score (nSPS) is 14.7. The third kappa shape index (κ3) is 4.81. The molecule has 0 amide bonds. The highest BCUT2D eigenvalue weighted by molar-refractivity contribution is 5.89. The largest absolute Gasteiger partial charge is 0.486 e. The number of fused-ring (bicyclic) bond motifs is 1. The minimum Gasteiger partial charge on any atom is -0.486 e. The fraction of sp³-hybridized carbons (Fsp3) is 0.364. The van der Waals surface area contributed by atoms with Crippen LogP contribution in [0.5, 0.6) is 11.5 Å². The number of ether oxygens (including phenoxy) is 3. The Bertz CT molecular complexity index is 940.